The lowest BCUT2D eigenvalue weighted by Gasteiger charge is -2.16. The monoisotopic (exact) mass is 301 g/mol. The fourth-order valence-electron chi connectivity index (χ4n) is 2.56. The Morgan fingerprint density at radius 3 is 2.90 bits per heavy atom. The molecule has 2 heterocycles. The average Bonchev–Trinajstić information content (AvgIpc) is 3.17. The van der Waals surface area contributed by atoms with E-state index < -0.39 is 0 Å². The summed E-state index contributed by atoms with van der Waals surface area (Å²) in [5.41, 5.74) is 0. The Hall–Kier alpha value is -1.75. The minimum atomic E-state index is 0.172. The maximum absolute atomic E-state index is 12.2. The molecule has 1 saturated heterocycles. The van der Waals surface area contributed by atoms with Crippen LogP contribution in [0.3, 0.4) is 0 Å². The van der Waals surface area contributed by atoms with E-state index in [1.165, 1.54) is 4.90 Å². The number of likely N-dealkylation sites (tertiary alicyclic amines) is 1. The van der Waals surface area contributed by atoms with Crippen molar-refractivity contribution >= 4 is 17.7 Å². The van der Waals surface area contributed by atoms with Gasteiger partial charge in [-0.2, -0.15) is 5.10 Å². The highest BCUT2D eigenvalue weighted by Crippen LogP contribution is 2.25. The number of amides is 1. The van der Waals surface area contributed by atoms with Gasteiger partial charge in [-0.05, 0) is 30.5 Å². The molecule has 1 atom stereocenters. The summed E-state index contributed by atoms with van der Waals surface area (Å²) >= 11 is 1.88. The van der Waals surface area contributed by atoms with E-state index in [9.17, 15) is 4.79 Å². The van der Waals surface area contributed by atoms with Crippen LogP contribution in [0.2, 0.25) is 0 Å². The van der Waals surface area contributed by atoms with Crippen molar-refractivity contribution < 1.29 is 4.79 Å². The minimum Gasteiger partial charge on any atom is -0.341 e. The summed E-state index contributed by atoms with van der Waals surface area (Å²) in [6.45, 7) is 2.10. The topological polar surface area (TPSA) is 38.1 Å². The number of hydrogen-bond donors (Lipinski definition) is 0. The molecular formula is C16H19N3OS. The van der Waals surface area contributed by atoms with Crippen LogP contribution in [0.25, 0.3) is 0 Å². The maximum atomic E-state index is 12.2. The molecule has 0 spiro atoms. The summed E-state index contributed by atoms with van der Waals surface area (Å²) in [7, 11) is 0. The number of rotatable bonds is 5. The van der Waals surface area contributed by atoms with Crippen LogP contribution in [0.1, 0.15) is 6.42 Å². The Labute approximate surface area is 129 Å². The van der Waals surface area contributed by atoms with Gasteiger partial charge in [0.2, 0.25) is 5.91 Å². The van der Waals surface area contributed by atoms with Gasteiger partial charge in [-0.1, -0.05) is 18.2 Å². The third-order valence-corrected chi connectivity index (χ3v) is 4.97. The fourth-order valence-corrected chi connectivity index (χ4v) is 3.61. The Bertz CT molecular complexity index is 570. The Balaban J connectivity index is 1.45. The van der Waals surface area contributed by atoms with Gasteiger partial charge in [-0.15, -0.1) is 11.8 Å². The summed E-state index contributed by atoms with van der Waals surface area (Å²) in [5.74, 6) is 1.85. The Kier molecular flexibility index (Phi) is 4.60. The molecule has 110 valence electrons. The lowest BCUT2D eigenvalue weighted by Crippen LogP contribution is -2.32. The molecule has 0 N–H and O–H groups in total. The number of carbonyl (C=O) groups excluding carboxylic acids is 1. The van der Waals surface area contributed by atoms with E-state index in [1.54, 1.807) is 10.9 Å². The van der Waals surface area contributed by atoms with Gasteiger partial charge in [0.1, 0.15) is 6.54 Å². The van der Waals surface area contributed by atoms with E-state index in [0.29, 0.717) is 12.5 Å². The maximum Gasteiger partial charge on any atom is 0.244 e. The van der Waals surface area contributed by atoms with Crippen molar-refractivity contribution in [3.05, 3.63) is 48.8 Å². The molecule has 0 radical (unpaired) electrons. The predicted molar refractivity (Wildman–Crippen MR) is 84.1 cm³/mol. The Morgan fingerprint density at radius 2 is 2.14 bits per heavy atom. The summed E-state index contributed by atoms with van der Waals surface area (Å²) in [5, 5.41) is 4.09. The van der Waals surface area contributed by atoms with Gasteiger partial charge in [-0.3, -0.25) is 9.48 Å². The molecule has 3 rings (SSSR count). The fraction of sp³-hybridized carbons (Fsp3) is 0.375. The quantitative estimate of drug-likeness (QED) is 0.797. The minimum absolute atomic E-state index is 0.172. The molecule has 4 nitrogen and oxygen atoms in total. The summed E-state index contributed by atoms with van der Waals surface area (Å²) in [6.07, 6.45) is 4.64. The highest BCUT2D eigenvalue weighted by Gasteiger charge is 2.26. The second-order valence-corrected chi connectivity index (χ2v) is 6.42. The Morgan fingerprint density at radius 1 is 1.29 bits per heavy atom. The number of benzene rings is 1. The second-order valence-electron chi connectivity index (χ2n) is 5.32. The van der Waals surface area contributed by atoms with E-state index in [0.717, 1.165) is 25.3 Å². The zero-order chi connectivity index (χ0) is 14.5. The van der Waals surface area contributed by atoms with Crippen molar-refractivity contribution in [1.82, 2.24) is 14.7 Å². The zero-order valence-electron chi connectivity index (χ0n) is 11.9. The van der Waals surface area contributed by atoms with Gasteiger partial charge >= 0.3 is 0 Å². The molecule has 21 heavy (non-hydrogen) atoms. The zero-order valence-corrected chi connectivity index (χ0v) is 12.7. The van der Waals surface area contributed by atoms with Crippen LogP contribution in [0.15, 0.2) is 53.7 Å². The van der Waals surface area contributed by atoms with E-state index in [4.69, 9.17) is 0 Å². The number of nitrogens with zero attached hydrogens (tertiary/aromatic N) is 3. The van der Waals surface area contributed by atoms with Crippen molar-refractivity contribution in [2.24, 2.45) is 5.92 Å². The highest BCUT2D eigenvalue weighted by molar-refractivity contribution is 7.99. The van der Waals surface area contributed by atoms with Crippen LogP contribution in [0, 0.1) is 5.92 Å². The van der Waals surface area contributed by atoms with Gasteiger partial charge < -0.3 is 4.90 Å². The molecule has 1 aromatic heterocycles. The van der Waals surface area contributed by atoms with Crippen molar-refractivity contribution in [3.8, 4) is 0 Å². The molecule has 0 unspecified atom stereocenters. The molecule has 1 amide bonds. The van der Waals surface area contributed by atoms with E-state index in [-0.39, 0.29) is 5.91 Å². The summed E-state index contributed by atoms with van der Waals surface area (Å²) < 4.78 is 1.69. The molecular weight excluding hydrogens is 282 g/mol. The first kappa shape index (κ1) is 14.2. The van der Waals surface area contributed by atoms with Crippen LogP contribution in [-0.4, -0.2) is 39.4 Å². The van der Waals surface area contributed by atoms with Gasteiger partial charge in [0, 0.05) is 36.1 Å². The second kappa shape index (κ2) is 6.80. The number of aromatic nitrogens is 2. The van der Waals surface area contributed by atoms with Gasteiger partial charge in [0.05, 0.1) is 0 Å². The normalized spacial score (nSPS) is 18.1. The van der Waals surface area contributed by atoms with E-state index in [1.807, 2.05) is 35.0 Å². The van der Waals surface area contributed by atoms with Crippen molar-refractivity contribution in [2.45, 2.75) is 17.9 Å². The standard InChI is InChI=1S/C16H19N3OS/c20-16(12-19-9-4-8-17-19)18-10-7-14(11-18)13-21-15-5-2-1-3-6-15/h1-6,8-9,14H,7,10-13H2/t14-/m0/s1. The SMILES string of the molecule is O=C(Cn1cccn1)N1CC[C@H](CSc2ccccc2)C1. The third-order valence-electron chi connectivity index (χ3n) is 3.72. The van der Waals surface area contributed by atoms with Crippen molar-refractivity contribution in [2.75, 3.05) is 18.8 Å². The molecule has 5 heteroatoms. The van der Waals surface area contributed by atoms with Crippen LogP contribution in [0.4, 0.5) is 0 Å². The van der Waals surface area contributed by atoms with Crippen molar-refractivity contribution in [1.29, 1.82) is 0 Å². The molecule has 1 aliphatic heterocycles. The number of hydrogen-bond acceptors (Lipinski definition) is 3. The summed E-state index contributed by atoms with van der Waals surface area (Å²) in [6, 6.07) is 12.3. The molecule has 1 aromatic carbocycles. The molecule has 0 bridgehead atoms. The lowest BCUT2D eigenvalue weighted by atomic mass is 10.2. The first-order chi connectivity index (χ1) is 10.3. The predicted octanol–water partition coefficient (Wildman–Crippen LogP) is 2.52. The summed E-state index contributed by atoms with van der Waals surface area (Å²) in [4.78, 5) is 15.5. The van der Waals surface area contributed by atoms with E-state index >= 15 is 0 Å². The highest BCUT2D eigenvalue weighted by atomic mass is 32.2. The third kappa shape index (κ3) is 3.88. The molecule has 0 saturated carbocycles. The van der Waals surface area contributed by atoms with Crippen LogP contribution in [0.5, 0.6) is 0 Å². The van der Waals surface area contributed by atoms with Crippen LogP contribution >= 0.6 is 11.8 Å². The molecule has 1 aliphatic rings. The molecule has 1 fully saturated rings. The van der Waals surface area contributed by atoms with Crippen LogP contribution in [-0.2, 0) is 11.3 Å². The van der Waals surface area contributed by atoms with E-state index in [2.05, 4.69) is 29.4 Å². The molecule has 2 aromatic rings. The van der Waals surface area contributed by atoms with Crippen molar-refractivity contribution in [3.63, 3.8) is 0 Å². The van der Waals surface area contributed by atoms with Gasteiger partial charge in [-0.25, -0.2) is 0 Å². The first-order valence-corrected chi connectivity index (χ1v) is 8.23. The largest absolute Gasteiger partial charge is 0.341 e. The average molecular weight is 301 g/mol. The van der Waals surface area contributed by atoms with Gasteiger partial charge in [0.15, 0.2) is 0 Å². The first-order valence-electron chi connectivity index (χ1n) is 7.24. The number of thioether (sulfide) groups is 1. The lowest BCUT2D eigenvalue weighted by molar-refractivity contribution is -0.131. The van der Waals surface area contributed by atoms with Gasteiger partial charge in [0.25, 0.3) is 0 Å². The number of carbonyl (C=O) groups is 1. The molecule has 0 aliphatic carbocycles. The van der Waals surface area contributed by atoms with Crippen LogP contribution < -0.4 is 0 Å². The smallest absolute Gasteiger partial charge is 0.244 e.